The number of anilines is 3. The molecule has 1 unspecified atom stereocenters. The molecule has 1 aliphatic carbocycles. The molecule has 3 aromatic rings. The molecule has 1 heterocycles. The van der Waals surface area contributed by atoms with Crippen LogP contribution < -0.4 is 15.5 Å². The Kier molecular flexibility index (Phi) is 3.83. The maximum Gasteiger partial charge on any atom is 0.249 e. The lowest BCUT2D eigenvalue weighted by atomic mass is 10.0. The summed E-state index contributed by atoms with van der Waals surface area (Å²) < 4.78 is 0. The van der Waals surface area contributed by atoms with Crippen molar-refractivity contribution in [1.82, 2.24) is 0 Å². The number of para-hydroxylation sites is 2. The molecule has 2 aliphatic rings. The molecule has 2 amide bonds. The minimum absolute atomic E-state index is 0.0334. The summed E-state index contributed by atoms with van der Waals surface area (Å²) in [7, 11) is 0. The molecule has 140 valence electrons. The fourth-order valence-corrected chi connectivity index (χ4v) is 4.33. The Bertz CT molecular complexity index is 1110. The molecule has 1 aliphatic heterocycles. The number of carbonyl (C=O) groups excluding carboxylic acids is 2. The lowest BCUT2D eigenvalue weighted by molar-refractivity contribution is -0.122. The molecule has 3 aromatic carbocycles. The molecule has 28 heavy (non-hydrogen) atoms. The molecule has 0 saturated heterocycles. The predicted molar refractivity (Wildman–Crippen MR) is 112 cm³/mol. The van der Waals surface area contributed by atoms with E-state index in [1.165, 1.54) is 16.5 Å². The van der Waals surface area contributed by atoms with Gasteiger partial charge in [0.1, 0.15) is 12.6 Å². The van der Waals surface area contributed by atoms with Gasteiger partial charge >= 0.3 is 0 Å². The molecule has 0 spiro atoms. The van der Waals surface area contributed by atoms with Gasteiger partial charge in [-0.3, -0.25) is 14.5 Å². The smallest absolute Gasteiger partial charge is 0.249 e. The van der Waals surface area contributed by atoms with E-state index in [4.69, 9.17) is 0 Å². The highest BCUT2D eigenvalue weighted by Gasteiger charge is 2.30. The van der Waals surface area contributed by atoms with Crippen LogP contribution in [0.3, 0.4) is 0 Å². The highest BCUT2D eigenvalue weighted by atomic mass is 16.2. The van der Waals surface area contributed by atoms with Crippen LogP contribution in [0.1, 0.15) is 18.1 Å². The van der Waals surface area contributed by atoms with Gasteiger partial charge in [-0.25, -0.2) is 0 Å². The maximum atomic E-state index is 13.2. The van der Waals surface area contributed by atoms with Gasteiger partial charge in [0.2, 0.25) is 11.8 Å². The Morgan fingerprint density at radius 3 is 2.68 bits per heavy atom. The number of carbonyl (C=O) groups is 2. The van der Waals surface area contributed by atoms with Gasteiger partial charge in [-0.05, 0) is 54.5 Å². The third kappa shape index (κ3) is 2.62. The maximum absolute atomic E-state index is 13.2. The quantitative estimate of drug-likeness (QED) is 0.738. The Labute approximate surface area is 163 Å². The molecule has 5 nitrogen and oxygen atoms in total. The van der Waals surface area contributed by atoms with Crippen molar-refractivity contribution in [2.45, 2.75) is 25.8 Å². The third-order valence-corrected chi connectivity index (χ3v) is 5.66. The molecule has 0 radical (unpaired) electrons. The lowest BCUT2D eigenvalue weighted by Gasteiger charge is -2.31. The van der Waals surface area contributed by atoms with E-state index in [0.29, 0.717) is 5.69 Å². The van der Waals surface area contributed by atoms with Crippen LogP contribution in [0.4, 0.5) is 17.1 Å². The van der Waals surface area contributed by atoms with E-state index in [1.54, 1.807) is 4.90 Å². The minimum Gasteiger partial charge on any atom is -0.373 e. The second-order valence-electron chi connectivity index (χ2n) is 7.47. The molecule has 5 heteroatoms. The van der Waals surface area contributed by atoms with Gasteiger partial charge in [-0.1, -0.05) is 36.4 Å². The van der Waals surface area contributed by atoms with Gasteiger partial charge in [0.25, 0.3) is 0 Å². The van der Waals surface area contributed by atoms with Crippen molar-refractivity contribution in [1.29, 1.82) is 0 Å². The number of amides is 2. The summed E-state index contributed by atoms with van der Waals surface area (Å²) in [5, 5.41) is 8.68. The first-order valence-electron chi connectivity index (χ1n) is 9.62. The van der Waals surface area contributed by atoms with Crippen LogP contribution in [0.15, 0.2) is 54.6 Å². The van der Waals surface area contributed by atoms with E-state index in [0.717, 1.165) is 29.6 Å². The van der Waals surface area contributed by atoms with Gasteiger partial charge in [0.05, 0.1) is 11.4 Å². The minimum atomic E-state index is -0.461. The van der Waals surface area contributed by atoms with Crippen molar-refractivity contribution in [3.05, 3.63) is 65.7 Å². The average molecular weight is 371 g/mol. The Hall–Kier alpha value is -3.34. The number of hydrogen-bond acceptors (Lipinski definition) is 3. The molecule has 2 N–H and O–H groups in total. The van der Waals surface area contributed by atoms with Crippen molar-refractivity contribution in [2.24, 2.45) is 0 Å². The molecular formula is C23H21N3O2. The summed E-state index contributed by atoms with van der Waals surface area (Å²) in [6.45, 7) is 1.88. The fourth-order valence-electron chi connectivity index (χ4n) is 4.33. The molecule has 5 rings (SSSR count). The van der Waals surface area contributed by atoms with Gasteiger partial charge in [0, 0.05) is 11.1 Å². The number of rotatable bonds is 3. The zero-order valence-electron chi connectivity index (χ0n) is 15.7. The Balaban J connectivity index is 1.46. The third-order valence-electron chi connectivity index (χ3n) is 5.66. The number of benzene rings is 3. The summed E-state index contributed by atoms with van der Waals surface area (Å²) in [6.07, 6.45) is 2.15. The van der Waals surface area contributed by atoms with Crippen LogP contribution in [0.25, 0.3) is 10.8 Å². The van der Waals surface area contributed by atoms with Crippen LogP contribution in [0.5, 0.6) is 0 Å². The van der Waals surface area contributed by atoms with Gasteiger partial charge in [0.15, 0.2) is 0 Å². The first kappa shape index (κ1) is 16.8. The van der Waals surface area contributed by atoms with Crippen molar-refractivity contribution >= 4 is 39.6 Å². The number of fused-ring (bicyclic) bond motifs is 1. The second kappa shape index (κ2) is 6.37. The SMILES string of the molecule is CC(Nc1ccc2c3c(cccc13)CC2)C(=O)N1CC(=O)Nc2ccccc21. The van der Waals surface area contributed by atoms with Crippen LogP contribution >= 0.6 is 0 Å². The highest BCUT2D eigenvalue weighted by Crippen LogP contribution is 2.35. The lowest BCUT2D eigenvalue weighted by Crippen LogP contribution is -2.47. The second-order valence-corrected chi connectivity index (χ2v) is 7.47. The van der Waals surface area contributed by atoms with E-state index in [-0.39, 0.29) is 18.4 Å². The van der Waals surface area contributed by atoms with Crippen LogP contribution in [-0.4, -0.2) is 24.4 Å². The summed E-state index contributed by atoms with van der Waals surface area (Å²) in [6, 6.07) is 17.5. The fraction of sp³-hybridized carbons (Fsp3) is 0.217. The summed E-state index contributed by atoms with van der Waals surface area (Å²) in [5.74, 6) is -0.296. The molecule has 0 saturated carbocycles. The van der Waals surface area contributed by atoms with E-state index >= 15 is 0 Å². The van der Waals surface area contributed by atoms with Gasteiger partial charge in [-0.15, -0.1) is 0 Å². The van der Waals surface area contributed by atoms with E-state index in [2.05, 4.69) is 41.0 Å². The van der Waals surface area contributed by atoms with Crippen molar-refractivity contribution in [2.75, 3.05) is 22.1 Å². The molecular weight excluding hydrogens is 350 g/mol. The molecule has 0 bridgehead atoms. The molecule has 0 aromatic heterocycles. The highest BCUT2D eigenvalue weighted by molar-refractivity contribution is 6.12. The number of nitrogens with zero attached hydrogens (tertiary/aromatic N) is 1. The normalized spacial score (nSPS) is 15.9. The monoisotopic (exact) mass is 371 g/mol. The summed E-state index contributed by atoms with van der Waals surface area (Å²) in [5.41, 5.74) is 5.11. The Morgan fingerprint density at radius 2 is 1.82 bits per heavy atom. The van der Waals surface area contributed by atoms with Gasteiger partial charge in [-0.2, -0.15) is 0 Å². The first-order valence-corrected chi connectivity index (χ1v) is 9.62. The predicted octanol–water partition coefficient (Wildman–Crippen LogP) is 3.72. The standard InChI is InChI=1S/C23H21N3O2/c1-14(23(28)26-13-21(27)25-19-7-2-3-8-20(19)26)24-18-12-11-16-10-9-15-5-4-6-17(18)22(15)16/h2-8,11-12,14,24H,9-10,13H2,1H3,(H,25,27). The van der Waals surface area contributed by atoms with Crippen LogP contribution in [-0.2, 0) is 22.4 Å². The molecule has 0 fully saturated rings. The Morgan fingerprint density at radius 1 is 1.04 bits per heavy atom. The molecule has 1 atom stereocenters. The number of aryl methyl sites for hydroxylation is 2. The van der Waals surface area contributed by atoms with Crippen molar-refractivity contribution in [3.8, 4) is 0 Å². The van der Waals surface area contributed by atoms with E-state index < -0.39 is 6.04 Å². The first-order chi connectivity index (χ1) is 13.6. The van der Waals surface area contributed by atoms with Crippen LogP contribution in [0, 0.1) is 0 Å². The van der Waals surface area contributed by atoms with Gasteiger partial charge < -0.3 is 10.6 Å². The van der Waals surface area contributed by atoms with E-state index in [1.807, 2.05) is 31.2 Å². The van der Waals surface area contributed by atoms with Crippen molar-refractivity contribution in [3.63, 3.8) is 0 Å². The van der Waals surface area contributed by atoms with E-state index in [9.17, 15) is 9.59 Å². The summed E-state index contributed by atoms with van der Waals surface area (Å²) >= 11 is 0. The zero-order valence-corrected chi connectivity index (χ0v) is 15.7. The zero-order chi connectivity index (χ0) is 19.3. The van der Waals surface area contributed by atoms with Crippen LogP contribution in [0.2, 0.25) is 0 Å². The number of hydrogen-bond donors (Lipinski definition) is 2. The number of nitrogens with one attached hydrogen (secondary N) is 2. The van der Waals surface area contributed by atoms with Crippen molar-refractivity contribution < 1.29 is 9.59 Å². The largest absolute Gasteiger partial charge is 0.373 e. The topological polar surface area (TPSA) is 61.4 Å². The summed E-state index contributed by atoms with van der Waals surface area (Å²) in [4.78, 5) is 26.8. The average Bonchev–Trinajstić information content (AvgIpc) is 3.13.